The highest BCUT2D eigenvalue weighted by atomic mass is 32.2. The van der Waals surface area contributed by atoms with Crippen LogP contribution in [0.3, 0.4) is 0 Å². The molecule has 1 aromatic carbocycles. The number of hydrogen-bond donors (Lipinski definition) is 4. The van der Waals surface area contributed by atoms with Crippen molar-refractivity contribution in [3.05, 3.63) is 71.2 Å². The molecule has 0 spiro atoms. The van der Waals surface area contributed by atoms with Crippen molar-refractivity contribution < 1.29 is 26.7 Å². The number of alkyl halides is 3. The predicted octanol–water partition coefficient (Wildman–Crippen LogP) is 2.79. The number of rotatable bonds is 9. The van der Waals surface area contributed by atoms with Crippen LogP contribution in [0.1, 0.15) is 22.4 Å². The molecular weight excluding hydrogens is 461 g/mol. The van der Waals surface area contributed by atoms with Gasteiger partial charge in [0.1, 0.15) is 11.4 Å². The van der Waals surface area contributed by atoms with Crippen LogP contribution < -0.4 is 15.4 Å². The molecule has 2 aromatic heterocycles. The van der Waals surface area contributed by atoms with E-state index in [4.69, 9.17) is 5.11 Å². The molecule has 9 nitrogen and oxygen atoms in total. The Kier molecular flexibility index (Phi) is 7.46. The summed E-state index contributed by atoms with van der Waals surface area (Å²) in [7, 11) is -3.47. The average molecular weight is 482 g/mol. The van der Waals surface area contributed by atoms with E-state index in [1.54, 1.807) is 36.4 Å². The van der Waals surface area contributed by atoms with Crippen molar-refractivity contribution >= 4 is 27.5 Å². The number of nitrogens with zero attached hydrogens (tertiary/aromatic N) is 3. The van der Waals surface area contributed by atoms with Crippen molar-refractivity contribution in [2.75, 3.05) is 16.9 Å². The van der Waals surface area contributed by atoms with E-state index in [1.807, 2.05) is 0 Å². The van der Waals surface area contributed by atoms with Crippen LogP contribution in [-0.2, 0) is 35.9 Å². The summed E-state index contributed by atoms with van der Waals surface area (Å²) in [6.45, 7) is -0.330. The number of nitrogens with one attached hydrogen (secondary N) is 3. The summed E-state index contributed by atoms with van der Waals surface area (Å²) in [5.41, 5.74) is 1.01. The van der Waals surface area contributed by atoms with Gasteiger partial charge in [0, 0.05) is 24.6 Å². The molecule has 0 bridgehead atoms. The lowest BCUT2D eigenvalue weighted by Crippen LogP contribution is -2.23. The number of sulfonamides is 1. The third-order valence-corrected chi connectivity index (χ3v) is 5.09. The molecular formula is C20H21F3N6O3S. The first kappa shape index (κ1) is 24.4. The first-order chi connectivity index (χ1) is 15.5. The lowest BCUT2D eigenvalue weighted by Gasteiger charge is -2.16. The van der Waals surface area contributed by atoms with Gasteiger partial charge in [0.2, 0.25) is 16.0 Å². The molecule has 0 aliphatic heterocycles. The molecule has 33 heavy (non-hydrogen) atoms. The Hall–Kier alpha value is -3.29. The SMILES string of the molecule is CS(=O)(=O)NCc1ncccc1CNc1nc(Nc2ccc(CO)cc2)ncc1C(F)(F)F. The van der Waals surface area contributed by atoms with E-state index in [0.29, 0.717) is 28.7 Å². The second kappa shape index (κ2) is 10.1. The van der Waals surface area contributed by atoms with E-state index < -0.39 is 27.6 Å². The topological polar surface area (TPSA) is 129 Å². The van der Waals surface area contributed by atoms with E-state index in [2.05, 4.69) is 30.3 Å². The van der Waals surface area contributed by atoms with Crippen LogP contribution in [-0.4, -0.2) is 34.7 Å². The van der Waals surface area contributed by atoms with E-state index in [9.17, 15) is 21.6 Å². The number of hydrogen-bond acceptors (Lipinski definition) is 8. The van der Waals surface area contributed by atoms with Gasteiger partial charge in [0.25, 0.3) is 0 Å². The zero-order chi connectivity index (χ0) is 24.1. The Bertz CT molecular complexity index is 1200. The Morgan fingerprint density at radius 2 is 1.79 bits per heavy atom. The van der Waals surface area contributed by atoms with E-state index in [0.717, 1.165) is 6.26 Å². The van der Waals surface area contributed by atoms with Crippen molar-refractivity contribution in [2.24, 2.45) is 0 Å². The highest BCUT2D eigenvalue weighted by molar-refractivity contribution is 7.88. The highest BCUT2D eigenvalue weighted by Gasteiger charge is 2.35. The van der Waals surface area contributed by atoms with Crippen molar-refractivity contribution in [2.45, 2.75) is 25.9 Å². The molecule has 0 atom stereocenters. The van der Waals surface area contributed by atoms with Crippen molar-refractivity contribution in [1.82, 2.24) is 19.7 Å². The summed E-state index contributed by atoms with van der Waals surface area (Å²) in [5.74, 6) is -0.509. The molecule has 0 aliphatic rings. The molecule has 0 radical (unpaired) electrons. The molecule has 0 amide bonds. The van der Waals surface area contributed by atoms with E-state index >= 15 is 0 Å². The minimum absolute atomic E-state index is 0.0626. The fourth-order valence-electron chi connectivity index (χ4n) is 2.78. The van der Waals surface area contributed by atoms with Gasteiger partial charge in [-0.2, -0.15) is 18.2 Å². The molecule has 2 heterocycles. The van der Waals surface area contributed by atoms with Crippen LogP contribution in [0.2, 0.25) is 0 Å². The first-order valence-corrected chi connectivity index (χ1v) is 11.5. The summed E-state index contributed by atoms with van der Waals surface area (Å²) >= 11 is 0. The van der Waals surface area contributed by atoms with Gasteiger partial charge in [-0.1, -0.05) is 18.2 Å². The number of pyridine rings is 1. The molecule has 0 unspecified atom stereocenters. The van der Waals surface area contributed by atoms with Crippen molar-refractivity contribution in [3.8, 4) is 0 Å². The van der Waals surface area contributed by atoms with Crippen LogP contribution in [0, 0.1) is 0 Å². The quantitative estimate of drug-likeness (QED) is 0.367. The molecule has 0 saturated heterocycles. The predicted molar refractivity (Wildman–Crippen MR) is 116 cm³/mol. The van der Waals surface area contributed by atoms with Gasteiger partial charge < -0.3 is 15.7 Å². The number of anilines is 3. The largest absolute Gasteiger partial charge is 0.421 e. The number of aliphatic hydroxyl groups is 1. The van der Waals surface area contributed by atoms with Crippen molar-refractivity contribution in [3.63, 3.8) is 0 Å². The van der Waals surface area contributed by atoms with Crippen LogP contribution in [0.5, 0.6) is 0 Å². The van der Waals surface area contributed by atoms with E-state index in [-0.39, 0.29) is 25.6 Å². The summed E-state index contributed by atoms with van der Waals surface area (Å²) in [6, 6.07) is 9.79. The van der Waals surface area contributed by atoms with Gasteiger partial charge in [0.05, 0.1) is 25.1 Å². The lowest BCUT2D eigenvalue weighted by atomic mass is 10.2. The smallest absolute Gasteiger partial charge is 0.392 e. The molecule has 13 heteroatoms. The molecule has 3 rings (SSSR count). The standard InChI is InChI=1S/C20H21F3N6O3S/c1-33(31,32)27-11-17-14(3-2-8-24-17)9-25-18-16(20(21,22)23)10-26-19(29-18)28-15-6-4-13(12-30)5-7-15/h2-8,10,27,30H,9,11-12H2,1H3,(H2,25,26,28,29). The molecule has 4 N–H and O–H groups in total. The van der Waals surface area contributed by atoms with Crippen molar-refractivity contribution in [1.29, 1.82) is 0 Å². The Labute approximate surface area is 188 Å². The maximum absolute atomic E-state index is 13.5. The second-order valence-electron chi connectivity index (χ2n) is 6.99. The first-order valence-electron chi connectivity index (χ1n) is 9.57. The Morgan fingerprint density at radius 1 is 1.06 bits per heavy atom. The van der Waals surface area contributed by atoms with Gasteiger partial charge >= 0.3 is 6.18 Å². The molecule has 0 aliphatic carbocycles. The zero-order valence-corrected chi connectivity index (χ0v) is 18.2. The van der Waals surface area contributed by atoms with Crippen LogP contribution in [0.15, 0.2) is 48.8 Å². The number of aromatic nitrogens is 3. The lowest BCUT2D eigenvalue weighted by molar-refractivity contribution is -0.137. The Morgan fingerprint density at radius 3 is 2.42 bits per heavy atom. The van der Waals surface area contributed by atoms with Crippen LogP contribution in [0.25, 0.3) is 0 Å². The monoisotopic (exact) mass is 482 g/mol. The molecule has 0 saturated carbocycles. The molecule has 3 aromatic rings. The molecule has 176 valence electrons. The fourth-order valence-corrected chi connectivity index (χ4v) is 3.18. The number of benzene rings is 1. The van der Waals surface area contributed by atoms with Crippen LogP contribution in [0.4, 0.5) is 30.6 Å². The van der Waals surface area contributed by atoms with Gasteiger partial charge in [-0.3, -0.25) is 4.98 Å². The third kappa shape index (κ3) is 7.10. The summed E-state index contributed by atoms with van der Waals surface area (Å²) in [5, 5.41) is 14.6. The van der Waals surface area contributed by atoms with Crippen LogP contribution >= 0.6 is 0 Å². The van der Waals surface area contributed by atoms with Gasteiger partial charge in [-0.05, 0) is 29.3 Å². The Balaban J connectivity index is 1.83. The third-order valence-electron chi connectivity index (χ3n) is 4.42. The average Bonchev–Trinajstić information content (AvgIpc) is 2.76. The highest BCUT2D eigenvalue weighted by Crippen LogP contribution is 2.34. The summed E-state index contributed by atoms with van der Waals surface area (Å²) in [4.78, 5) is 11.8. The van der Waals surface area contributed by atoms with Gasteiger partial charge in [-0.15, -0.1) is 0 Å². The zero-order valence-electron chi connectivity index (χ0n) is 17.4. The number of halogens is 3. The minimum Gasteiger partial charge on any atom is -0.392 e. The minimum atomic E-state index is -4.70. The summed E-state index contributed by atoms with van der Waals surface area (Å²) in [6.07, 6.45) is -1.57. The fraction of sp³-hybridized carbons (Fsp3) is 0.250. The summed E-state index contributed by atoms with van der Waals surface area (Å²) < 4.78 is 65.5. The number of aliphatic hydroxyl groups excluding tert-OH is 1. The van der Waals surface area contributed by atoms with E-state index in [1.165, 1.54) is 6.20 Å². The molecule has 0 fully saturated rings. The van der Waals surface area contributed by atoms with Gasteiger partial charge in [0.15, 0.2) is 0 Å². The second-order valence-corrected chi connectivity index (χ2v) is 8.82. The van der Waals surface area contributed by atoms with Gasteiger partial charge in [-0.25, -0.2) is 18.1 Å². The maximum Gasteiger partial charge on any atom is 0.421 e. The normalized spacial score (nSPS) is 11.9. The maximum atomic E-state index is 13.5.